The molecular formula is C28H40N4O3. The molecule has 2 unspecified atom stereocenters. The van der Waals surface area contributed by atoms with E-state index in [0.717, 1.165) is 24.2 Å². The van der Waals surface area contributed by atoms with E-state index >= 15 is 0 Å². The minimum Gasteiger partial charge on any atom is -0.487 e. The summed E-state index contributed by atoms with van der Waals surface area (Å²) in [6.07, 6.45) is 10.6. The van der Waals surface area contributed by atoms with Crippen LogP contribution in [0.1, 0.15) is 78.8 Å². The maximum absolute atomic E-state index is 13.4. The van der Waals surface area contributed by atoms with Crippen molar-refractivity contribution in [2.24, 2.45) is 28.0 Å². The highest BCUT2D eigenvalue weighted by Gasteiger charge is 2.63. The van der Waals surface area contributed by atoms with Crippen molar-refractivity contribution in [2.45, 2.75) is 84.4 Å². The molecule has 1 aromatic carbocycles. The fraction of sp³-hybridized carbons (Fsp3) is 0.607. The quantitative estimate of drug-likeness (QED) is 0.601. The van der Waals surface area contributed by atoms with Crippen LogP contribution in [0.3, 0.4) is 0 Å². The Hall–Kier alpha value is -3.01. The third-order valence-corrected chi connectivity index (χ3v) is 8.34. The summed E-state index contributed by atoms with van der Waals surface area (Å²) in [4.78, 5) is 32.7. The van der Waals surface area contributed by atoms with Gasteiger partial charge < -0.3 is 15.8 Å². The molecule has 0 aromatic heterocycles. The molecule has 35 heavy (non-hydrogen) atoms. The van der Waals surface area contributed by atoms with E-state index in [1.807, 2.05) is 52.0 Å². The molecule has 0 saturated heterocycles. The van der Waals surface area contributed by atoms with Crippen LogP contribution in [0.25, 0.3) is 0 Å². The molecule has 4 atom stereocenters. The van der Waals surface area contributed by atoms with Gasteiger partial charge in [0, 0.05) is 29.9 Å². The minimum absolute atomic E-state index is 0.00536. The summed E-state index contributed by atoms with van der Waals surface area (Å²) in [5.41, 5.74) is 6.19. The lowest BCUT2D eigenvalue weighted by molar-refractivity contribution is -0.131. The van der Waals surface area contributed by atoms with E-state index in [4.69, 9.17) is 15.5 Å². The molecule has 0 bridgehead atoms. The van der Waals surface area contributed by atoms with Crippen molar-refractivity contribution in [2.75, 3.05) is 6.54 Å². The first-order valence-electron chi connectivity index (χ1n) is 12.5. The smallest absolute Gasteiger partial charge is 0.231 e. The highest BCUT2D eigenvalue weighted by atomic mass is 16.5. The topological polar surface area (TPSA) is 97.0 Å². The molecule has 2 aliphatic heterocycles. The van der Waals surface area contributed by atoms with Gasteiger partial charge in [0.05, 0.1) is 18.0 Å². The van der Waals surface area contributed by atoms with Crippen molar-refractivity contribution in [3.05, 3.63) is 29.8 Å². The van der Waals surface area contributed by atoms with E-state index in [-0.39, 0.29) is 46.7 Å². The Balaban J connectivity index is 0.00000167. The average Bonchev–Trinajstić information content (AvgIpc) is 3.36. The van der Waals surface area contributed by atoms with Gasteiger partial charge in [0.1, 0.15) is 11.4 Å². The number of fused-ring (bicyclic) bond motifs is 1. The van der Waals surface area contributed by atoms with Gasteiger partial charge in [0.2, 0.25) is 11.8 Å². The Morgan fingerprint density at radius 2 is 1.86 bits per heavy atom. The number of amides is 2. The third-order valence-electron chi connectivity index (χ3n) is 8.34. The lowest BCUT2D eigenvalue weighted by Gasteiger charge is -2.38. The van der Waals surface area contributed by atoms with Crippen LogP contribution in [-0.4, -0.2) is 40.4 Å². The number of hydrogen-bond acceptors (Lipinski definition) is 5. The summed E-state index contributed by atoms with van der Waals surface area (Å²) in [7, 11) is 0. The summed E-state index contributed by atoms with van der Waals surface area (Å²) in [5.74, 6) is 1.11. The molecule has 0 spiro atoms. The molecule has 3 aliphatic rings. The number of nitrogens with one attached hydrogen (secondary N) is 1. The Kier molecular flexibility index (Phi) is 7.26. The van der Waals surface area contributed by atoms with Gasteiger partial charge in [0.15, 0.2) is 5.96 Å². The first kappa shape index (κ1) is 26.6. The van der Waals surface area contributed by atoms with Crippen molar-refractivity contribution in [1.29, 1.82) is 0 Å². The normalized spacial score (nSPS) is 30.1. The molecular weight excluding hydrogens is 440 g/mol. The maximum atomic E-state index is 13.4. The second kappa shape index (κ2) is 9.56. The molecule has 190 valence electrons. The average molecular weight is 481 g/mol. The van der Waals surface area contributed by atoms with Crippen molar-refractivity contribution in [3.63, 3.8) is 0 Å². The third kappa shape index (κ3) is 4.89. The van der Waals surface area contributed by atoms with E-state index in [9.17, 15) is 9.59 Å². The van der Waals surface area contributed by atoms with Gasteiger partial charge in [-0.1, -0.05) is 45.9 Å². The number of carbonyl (C=O) groups excluding carboxylic acids is 2. The van der Waals surface area contributed by atoms with Crippen molar-refractivity contribution in [1.82, 2.24) is 10.2 Å². The molecule has 4 rings (SSSR count). The van der Waals surface area contributed by atoms with Crippen LogP contribution >= 0.6 is 0 Å². The molecule has 7 heteroatoms. The molecule has 3 N–H and O–H groups in total. The predicted molar refractivity (Wildman–Crippen MR) is 139 cm³/mol. The monoisotopic (exact) mass is 480 g/mol. The van der Waals surface area contributed by atoms with E-state index < -0.39 is 5.54 Å². The summed E-state index contributed by atoms with van der Waals surface area (Å²) in [6, 6.07) is 7.79. The summed E-state index contributed by atoms with van der Waals surface area (Å²) in [6.45, 7) is 12.8. The highest BCUT2D eigenvalue weighted by molar-refractivity contribution is 5.99. The number of hydrogen-bond donors (Lipinski definition) is 2. The first-order valence-corrected chi connectivity index (χ1v) is 12.5. The van der Waals surface area contributed by atoms with Crippen LogP contribution in [0.5, 0.6) is 5.75 Å². The molecule has 1 fully saturated rings. The van der Waals surface area contributed by atoms with Crippen LogP contribution in [0.4, 0.5) is 0 Å². The number of terminal acetylenes is 1. The standard InChI is InChI=1S/C26H38N4O3.C2H2/c1-7-26(8-2)14-20(31)30(23(27)29-26)15-25(6)16(3)21(25)22(32)28-18-13-24(4,5)33-19-12-10-9-11-17(18)19;1-2/h9-12,16,18,21H,7-8,13-15H2,1-6H3,(H2,27,29)(H,28,32);1-2H/t16?,18-,21?,25-;/m0./s1. The van der Waals surface area contributed by atoms with Gasteiger partial charge in [0.25, 0.3) is 0 Å². The predicted octanol–water partition coefficient (Wildman–Crippen LogP) is 4.03. The van der Waals surface area contributed by atoms with E-state index in [1.165, 1.54) is 0 Å². The molecule has 2 amide bonds. The number of aliphatic imine (C=N–C) groups is 1. The number of guanidine groups is 1. The Labute approximate surface area is 209 Å². The van der Waals surface area contributed by atoms with Crippen LogP contribution in [-0.2, 0) is 9.59 Å². The van der Waals surface area contributed by atoms with Gasteiger partial charge in [-0.3, -0.25) is 14.5 Å². The van der Waals surface area contributed by atoms with E-state index in [1.54, 1.807) is 4.90 Å². The largest absolute Gasteiger partial charge is 0.487 e. The van der Waals surface area contributed by atoms with Gasteiger partial charge in [-0.15, -0.1) is 12.8 Å². The van der Waals surface area contributed by atoms with Crippen molar-refractivity contribution in [3.8, 4) is 18.6 Å². The zero-order chi connectivity index (χ0) is 26.2. The second-order valence-corrected chi connectivity index (χ2v) is 11.0. The highest BCUT2D eigenvalue weighted by Crippen LogP contribution is 2.59. The van der Waals surface area contributed by atoms with Gasteiger partial charge in [-0.05, 0) is 38.7 Å². The van der Waals surface area contributed by atoms with Crippen LogP contribution in [0.15, 0.2) is 29.3 Å². The number of rotatable bonds is 6. The lowest BCUT2D eigenvalue weighted by Crippen LogP contribution is -2.53. The molecule has 1 aliphatic carbocycles. The number of nitrogens with two attached hydrogens (primary N) is 1. The fourth-order valence-corrected chi connectivity index (χ4v) is 5.77. The fourth-order valence-electron chi connectivity index (χ4n) is 5.77. The Morgan fingerprint density at radius 1 is 1.23 bits per heavy atom. The Bertz CT molecular complexity index is 1030. The second-order valence-electron chi connectivity index (χ2n) is 11.0. The summed E-state index contributed by atoms with van der Waals surface area (Å²) in [5, 5.41) is 3.29. The number of ether oxygens (including phenoxy) is 1. The summed E-state index contributed by atoms with van der Waals surface area (Å²) < 4.78 is 6.11. The molecule has 0 radical (unpaired) electrons. The van der Waals surface area contributed by atoms with Gasteiger partial charge in [-0.25, -0.2) is 4.99 Å². The number of carbonyl (C=O) groups is 2. The first-order chi connectivity index (χ1) is 16.5. The minimum atomic E-state index is -0.395. The SMILES string of the molecule is C#C.CCC1(CC)CC(=O)N(C[C@@]2(C)C(C)C2C(=O)N[C@H]2CC(C)(C)Oc3ccccc32)C(N)=N1. The molecule has 1 aromatic rings. The molecule has 7 nitrogen and oxygen atoms in total. The van der Waals surface area contributed by atoms with E-state index in [0.29, 0.717) is 19.4 Å². The van der Waals surface area contributed by atoms with Crippen LogP contribution < -0.4 is 15.8 Å². The van der Waals surface area contributed by atoms with Gasteiger partial charge in [-0.2, -0.15) is 0 Å². The number of nitrogens with zero attached hydrogens (tertiary/aromatic N) is 2. The zero-order valence-electron chi connectivity index (χ0n) is 21.9. The number of para-hydroxylation sites is 1. The lowest BCUT2D eigenvalue weighted by atomic mass is 9.87. The number of benzene rings is 1. The van der Waals surface area contributed by atoms with Gasteiger partial charge >= 0.3 is 0 Å². The van der Waals surface area contributed by atoms with Crippen LogP contribution in [0, 0.1) is 30.1 Å². The molecule has 1 saturated carbocycles. The van der Waals surface area contributed by atoms with Crippen LogP contribution in [0.2, 0.25) is 0 Å². The zero-order valence-corrected chi connectivity index (χ0v) is 21.9. The maximum Gasteiger partial charge on any atom is 0.231 e. The van der Waals surface area contributed by atoms with Crippen molar-refractivity contribution >= 4 is 17.8 Å². The van der Waals surface area contributed by atoms with Crippen molar-refractivity contribution < 1.29 is 14.3 Å². The Morgan fingerprint density at radius 3 is 2.46 bits per heavy atom. The molecule has 2 heterocycles. The summed E-state index contributed by atoms with van der Waals surface area (Å²) >= 11 is 0. The van der Waals surface area contributed by atoms with E-state index in [2.05, 4.69) is 32.0 Å².